The molecule has 0 saturated carbocycles. The highest BCUT2D eigenvalue weighted by atomic mass is 35.5. The zero-order valence-corrected chi connectivity index (χ0v) is 19.7. The highest BCUT2D eigenvalue weighted by molar-refractivity contribution is 7.89. The molecule has 2 aromatic rings. The SMILES string of the molecule is COc1ccc(S(=O)(=O)N2CCCN(S(=O)(=O)c3c(C)nn(C)c3C)CC2)cc1Cl. The van der Waals surface area contributed by atoms with Gasteiger partial charge in [-0.15, -0.1) is 0 Å². The van der Waals surface area contributed by atoms with Crippen LogP contribution in [-0.2, 0) is 27.1 Å². The van der Waals surface area contributed by atoms with Crippen molar-refractivity contribution in [1.29, 1.82) is 0 Å². The molecule has 0 bridgehead atoms. The van der Waals surface area contributed by atoms with Crippen molar-refractivity contribution in [2.75, 3.05) is 33.3 Å². The van der Waals surface area contributed by atoms with Gasteiger partial charge in [0.15, 0.2) is 0 Å². The molecule has 9 nitrogen and oxygen atoms in total. The summed E-state index contributed by atoms with van der Waals surface area (Å²) in [6.07, 6.45) is 0.376. The normalized spacial score (nSPS) is 17.1. The van der Waals surface area contributed by atoms with Gasteiger partial charge in [-0.25, -0.2) is 16.8 Å². The molecule has 0 N–H and O–H groups in total. The smallest absolute Gasteiger partial charge is 0.246 e. The monoisotopic (exact) mass is 476 g/mol. The van der Waals surface area contributed by atoms with Crippen molar-refractivity contribution in [2.24, 2.45) is 7.05 Å². The van der Waals surface area contributed by atoms with Gasteiger partial charge in [0, 0.05) is 33.2 Å². The van der Waals surface area contributed by atoms with Gasteiger partial charge in [0.2, 0.25) is 20.0 Å². The fourth-order valence-corrected chi connectivity index (χ4v) is 7.25. The molecule has 1 aromatic carbocycles. The Labute approximate surface area is 182 Å². The van der Waals surface area contributed by atoms with Gasteiger partial charge >= 0.3 is 0 Å². The first-order valence-corrected chi connectivity index (χ1v) is 12.6. The number of hydrogen-bond acceptors (Lipinski definition) is 6. The first-order chi connectivity index (χ1) is 14.0. The summed E-state index contributed by atoms with van der Waals surface area (Å²) in [5.74, 6) is 0.381. The first kappa shape index (κ1) is 23.0. The second kappa shape index (κ2) is 8.46. The van der Waals surface area contributed by atoms with Crippen molar-refractivity contribution >= 4 is 31.6 Å². The van der Waals surface area contributed by atoms with Crippen LogP contribution in [0.1, 0.15) is 17.8 Å². The molecular weight excluding hydrogens is 452 g/mol. The molecule has 2 heterocycles. The van der Waals surface area contributed by atoms with Crippen LogP contribution in [0.4, 0.5) is 0 Å². The Bertz CT molecular complexity index is 1160. The van der Waals surface area contributed by atoms with E-state index in [1.54, 1.807) is 20.9 Å². The van der Waals surface area contributed by atoms with Gasteiger partial charge in [0.1, 0.15) is 10.6 Å². The number of ether oxygens (including phenoxy) is 1. The molecule has 0 aliphatic carbocycles. The van der Waals surface area contributed by atoms with E-state index in [0.717, 1.165) is 0 Å². The van der Waals surface area contributed by atoms with Crippen LogP contribution in [0.25, 0.3) is 0 Å². The lowest BCUT2D eigenvalue weighted by molar-refractivity contribution is 0.403. The van der Waals surface area contributed by atoms with Gasteiger partial charge in [-0.2, -0.15) is 13.7 Å². The van der Waals surface area contributed by atoms with Crippen molar-refractivity contribution in [3.8, 4) is 5.75 Å². The number of hydrogen-bond donors (Lipinski definition) is 0. The third kappa shape index (κ3) is 4.09. The average molecular weight is 477 g/mol. The minimum Gasteiger partial charge on any atom is -0.495 e. The molecule has 1 aromatic heterocycles. The van der Waals surface area contributed by atoms with E-state index in [1.165, 1.54) is 38.6 Å². The Morgan fingerprint density at radius 1 is 1.00 bits per heavy atom. The van der Waals surface area contributed by atoms with Crippen LogP contribution in [0.15, 0.2) is 28.0 Å². The summed E-state index contributed by atoms with van der Waals surface area (Å²) in [4.78, 5) is 0.229. The van der Waals surface area contributed by atoms with E-state index in [9.17, 15) is 16.8 Å². The van der Waals surface area contributed by atoms with Crippen LogP contribution in [-0.4, -0.2) is 68.5 Å². The lowest BCUT2D eigenvalue weighted by atomic mass is 10.3. The molecule has 1 aliphatic rings. The Morgan fingerprint density at radius 3 is 2.10 bits per heavy atom. The Morgan fingerprint density at radius 2 is 1.60 bits per heavy atom. The Balaban J connectivity index is 1.85. The van der Waals surface area contributed by atoms with Crippen molar-refractivity contribution in [1.82, 2.24) is 18.4 Å². The second-order valence-corrected chi connectivity index (χ2v) is 11.3. The average Bonchev–Trinajstić information content (AvgIpc) is 2.86. The third-order valence-corrected chi connectivity index (χ3v) is 9.56. The van der Waals surface area contributed by atoms with Crippen LogP contribution >= 0.6 is 11.6 Å². The fraction of sp³-hybridized carbons (Fsp3) is 0.500. The van der Waals surface area contributed by atoms with Crippen molar-refractivity contribution in [3.63, 3.8) is 0 Å². The summed E-state index contributed by atoms with van der Waals surface area (Å²) >= 11 is 6.09. The zero-order chi connectivity index (χ0) is 22.3. The van der Waals surface area contributed by atoms with Crippen molar-refractivity contribution in [2.45, 2.75) is 30.1 Å². The molecule has 166 valence electrons. The maximum atomic E-state index is 13.2. The molecule has 1 saturated heterocycles. The molecule has 0 unspecified atom stereocenters. The Kier molecular flexibility index (Phi) is 6.49. The summed E-state index contributed by atoms with van der Waals surface area (Å²) in [5.41, 5.74) is 0.977. The zero-order valence-electron chi connectivity index (χ0n) is 17.3. The minimum absolute atomic E-state index is 0.0450. The van der Waals surface area contributed by atoms with E-state index < -0.39 is 20.0 Å². The summed E-state index contributed by atoms with van der Waals surface area (Å²) in [6.45, 7) is 3.90. The van der Waals surface area contributed by atoms with Gasteiger partial charge in [-0.3, -0.25) is 4.68 Å². The predicted octanol–water partition coefficient (Wildman–Crippen LogP) is 1.78. The van der Waals surface area contributed by atoms with Gasteiger partial charge in [0.25, 0.3) is 0 Å². The molecule has 12 heteroatoms. The number of sulfonamides is 2. The van der Waals surface area contributed by atoms with E-state index in [1.807, 2.05) is 0 Å². The highest BCUT2D eigenvalue weighted by Gasteiger charge is 2.34. The largest absolute Gasteiger partial charge is 0.495 e. The van der Waals surface area contributed by atoms with Crippen molar-refractivity contribution < 1.29 is 21.6 Å². The van der Waals surface area contributed by atoms with Gasteiger partial charge in [-0.1, -0.05) is 11.6 Å². The van der Waals surface area contributed by atoms with Gasteiger partial charge in [-0.05, 0) is 38.5 Å². The molecule has 0 atom stereocenters. The molecule has 0 radical (unpaired) electrons. The van der Waals surface area contributed by atoms with E-state index >= 15 is 0 Å². The number of aromatic nitrogens is 2. The molecule has 1 aliphatic heterocycles. The van der Waals surface area contributed by atoms with E-state index in [-0.39, 0.29) is 41.0 Å². The predicted molar refractivity (Wildman–Crippen MR) is 113 cm³/mol. The second-order valence-electron chi connectivity index (χ2n) is 7.08. The number of aryl methyl sites for hydroxylation is 2. The number of halogens is 1. The lowest BCUT2D eigenvalue weighted by Crippen LogP contribution is -2.37. The number of benzene rings is 1. The molecule has 0 amide bonds. The minimum atomic E-state index is -3.82. The fourth-order valence-electron chi connectivity index (χ4n) is 3.56. The lowest BCUT2D eigenvalue weighted by Gasteiger charge is -2.22. The Hall–Kier alpha value is -1.66. The molecular formula is C18H25ClN4O5S2. The molecule has 0 spiro atoms. The van der Waals surface area contributed by atoms with Crippen LogP contribution in [0.2, 0.25) is 5.02 Å². The standard InChI is InChI=1S/C18H25ClN4O5S2/c1-13-18(14(2)21(3)20-13)30(26,27)23-9-5-8-22(10-11-23)29(24,25)15-6-7-17(28-4)16(19)12-15/h6-7,12H,5,8-11H2,1-4H3. The maximum Gasteiger partial charge on any atom is 0.246 e. The first-order valence-electron chi connectivity index (χ1n) is 9.34. The summed E-state index contributed by atoms with van der Waals surface area (Å²) in [5, 5.41) is 4.39. The molecule has 30 heavy (non-hydrogen) atoms. The maximum absolute atomic E-state index is 13.2. The quantitative estimate of drug-likeness (QED) is 0.651. The van der Waals surface area contributed by atoms with Crippen LogP contribution in [0.3, 0.4) is 0 Å². The van der Waals surface area contributed by atoms with Crippen LogP contribution < -0.4 is 4.74 Å². The number of nitrogens with zero attached hydrogens (tertiary/aromatic N) is 4. The molecule has 1 fully saturated rings. The van der Waals surface area contributed by atoms with Crippen molar-refractivity contribution in [3.05, 3.63) is 34.6 Å². The number of methoxy groups -OCH3 is 1. The van der Waals surface area contributed by atoms with E-state index in [4.69, 9.17) is 16.3 Å². The van der Waals surface area contributed by atoms with Crippen LogP contribution in [0.5, 0.6) is 5.75 Å². The highest BCUT2D eigenvalue weighted by Crippen LogP contribution is 2.29. The third-order valence-electron chi connectivity index (χ3n) is 5.22. The van der Waals surface area contributed by atoms with E-state index in [2.05, 4.69) is 5.10 Å². The van der Waals surface area contributed by atoms with Gasteiger partial charge < -0.3 is 4.74 Å². The molecule has 3 rings (SSSR count). The summed E-state index contributed by atoms with van der Waals surface area (Å²) in [7, 11) is -4.47. The number of rotatable bonds is 5. The van der Waals surface area contributed by atoms with Crippen LogP contribution in [0, 0.1) is 13.8 Å². The summed E-state index contributed by atoms with van der Waals surface area (Å²) < 4.78 is 61.8. The summed E-state index contributed by atoms with van der Waals surface area (Å²) in [6, 6.07) is 4.27. The van der Waals surface area contributed by atoms with Gasteiger partial charge in [0.05, 0.1) is 28.4 Å². The van der Waals surface area contributed by atoms with E-state index in [0.29, 0.717) is 23.6 Å². The topological polar surface area (TPSA) is 102 Å².